The molecule has 1 aliphatic rings. The van der Waals surface area contributed by atoms with Crippen molar-refractivity contribution >= 4 is 27.3 Å². The first kappa shape index (κ1) is 15.2. The smallest absolute Gasteiger partial charge is 0.252 e. The quantitative estimate of drug-likeness (QED) is 0.795. The number of hydrogen-bond donors (Lipinski definition) is 0. The van der Waals surface area contributed by atoms with Gasteiger partial charge in [-0.25, -0.2) is 8.42 Å². The van der Waals surface area contributed by atoms with E-state index in [9.17, 15) is 13.2 Å². The molecule has 0 spiro atoms. The molecular weight excluding hydrogens is 296 g/mol. The minimum Gasteiger partial charge on any atom is -0.337 e. The van der Waals surface area contributed by atoms with Gasteiger partial charge in [0.25, 0.3) is 10.0 Å². The van der Waals surface area contributed by atoms with Crippen molar-refractivity contribution in [2.24, 2.45) is 0 Å². The van der Waals surface area contributed by atoms with Crippen LogP contribution in [-0.4, -0.2) is 49.7 Å². The van der Waals surface area contributed by atoms with E-state index in [1.54, 1.807) is 28.5 Å². The van der Waals surface area contributed by atoms with Gasteiger partial charge in [-0.15, -0.1) is 11.3 Å². The number of carbonyl (C=O) groups excluding carboxylic acids is 1. The van der Waals surface area contributed by atoms with Gasteiger partial charge in [-0.2, -0.15) is 4.31 Å². The first-order valence-corrected chi connectivity index (χ1v) is 8.70. The van der Waals surface area contributed by atoms with Crippen molar-refractivity contribution in [3.8, 4) is 0 Å². The lowest BCUT2D eigenvalue weighted by Crippen LogP contribution is -2.50. The van der Waals surface area contributed by atoms with Crippen molar-refractivity contribution in [2.45, 2.75) is 18.1 Å². The molecule has 0 unspecified atom stereocenters. The highest BCUT2D eigenvalue weighted by atomic mass is 32.2. The van der Waals surface area contributed by atoms with Gasteiger partial charge in [-0.3, -0.25) is 4.79 Å². The number of amides is 1. The van der Waals surface area contributed by atoms with Crippen LogP contribution in [0.2, 0.25) is 0 Å². The maximum Gasteiger partial charge on any atom is 0.252 e. The molecule has 1 aromatic heterocycles. The second kappa shape index (κ2) is 6.07. The molecule has 0 bridgehead atoms. The van der Waals surface area contributed by atoms with E-state index < -0.39 is 10.0 Å². The monoisotopic (exact) mass is 314 g/mol. The number of carbonyl (C=O) groups is 1. The van der Waals surface area contributed by atoms with E-state index in [0.717, 1.165) is 5.57 Å². The van der Waals surface area contributed by atoms with Crippen molar-refractivity contribution in [1.82, 2.24) is 9.21 Å². The van der Waals surface area contributed by atoms with Crippen molar-refractivity contribution in [3.63, 3.8) is 0 Å². The molecular formula is C13H18N2O3S2. The zero-order valence-corrected chi connectivity index (χ0v) is 13.2. The Morgan fingerprint density at radius 3 is 2.40 bits per heavy atom. The van der Waals surface area contributed by atoms with Crippen LogP contribution in [0.25, 0.3) is 0 Å². The van der Waals surface area contributed by atoms with Gasteiger partial charge in [-0.1, -0.05) is 11.6 Å². The number of allylic oxidation sites excluding steroid dienone is 1. The summed E-state index contributed by atoms with van der Waals surface area (Å²) in [7, 11) is -3.39. The molecule has 1 fully saturated rings. The summed E-state index contributed by atoms with van der Waals surface area (Å²) in [6.07, 6.45) is 1.59. The van der Waals surface area contributed by atoms with E-state index >= 15 is 0 Å². The molecule has 1 aliphatic heterocycles. The maximum absolute atomic E-state index is 12.3. The highest BCUT2D eigenvalue weighted by Gasteiger charge is 2.30. The zero-order chi connectivity index (χ0) is 14.8. The Morgan fingerprint density at radius 1 is 1.25 bits per heavy atom. The highest BCUT2D eigenvalue weighted by Crippen LogP contribution is 2.22. The third-order valence-corrected chi connectivity index (χ3v) is 6.32. The van der Waals surface area contributed by atoms with Crippen LogP contribution in [0, 0.1) is 0 Å². The molecule has 0 aliphatic carbocycles. The molecule has 0 aromatic carbocycles. The number of piperazine rings is 1. The Balaban J connectivity index is 2.02. The molecule has 0 atom stereocenters. The minimum atomic E-state index is -3.39. The lowest BCUT2D eigenvalue weighted by Gasteiger charge is -2.33. The van der Waals surface area contributed by atoms with Crippen molar-refractivity contribution in [3.05, 3.63) is 29.2 Å². The van der Waals surface area contributed by atoms with Gasteiger partial charge in [-0.05, 0) is 25.3 Å². The van der Waals surface area contributed by atoms with E-state index in [1.807, 2.05) is 13.8 Å². The molecule has 0 N–H and O–H groups in total. The molecule has 7 heteroatoms. The predicted molar refractivity (Wildman–Crippen MR) is 79.1 cm³/mol. The lowest BCUT2D eigenvalue weighted by molar-refractivity contribution is -0.127. The molecule has 20 heavy (non-hydrogen) atoms. The van der Waals surface area contributed by atoms with Gasteiger partial charge in [0.1, 0.15) is 4.21 Å². The van der Waals surface area contributed by atoms with Crippen molar-refractivity contribution in [2.75, 3.05) is 26.2 Å². The number of thiophene rings is 1. The Labute approximate surface area is 123 Å². The fraction of sp³-hybridized carbons (Fsp3) is 0.462. The van der Waals surface area contributed by atoms with Gasteiger partial charge in [0.05, 0.1) is 0 Å². The molecule has 5 nitrogen and oxygen atoms in total. The van der Waals surface area contributed by atoms with Gasteiger partial charge in [0.2, 0.25) is 5.91 Å². The number of rotatable bonds is 3. The summed E-state index contributed by atoms with van der Waals surface area (Å²) < 4.78 is 26.5. The summed E-state index contributed by atoms with van der Waals surface area (Å²) in [5.74, 6) is -0.0434. The molecule has 1 saturated heterocycles. The summed E-state index contributed by atoms with van der Waals surface area (Å²) in [5.41, 5.74) is 0.948. The number of hydrogen-bond acceptors (Lipinski definition) is 4. The second-order valence-electron chi connectivity index (χ2n) is 4.88. The van der Waals surface area contributed by atoms with E-state index in [4.69, 9.17) is 0 Å². The van der Waals surface area contributed by atoms with Gasteiger partial charge >= 0.3 is 0 Å². The highest BCUT2D eigenvalue weighted by molar-refractivity contribution is 7.91. The average molecular weight is 314 g/mol. The largest absolute Gasteiger partial charge is 0.337 e. The zero-order valence-electron chi connectivity index (χ0n) is 11.6. The Bertz CT molecular complexity index is 594. The summed E-state index contributed by atoms with van der Waals surface area (Å²) in [6, 6.07) is 3.34. The van der Waals surface area contributed by atoms with Crippen LogP contribution in [0.3, 0.4) is 0 Å². The maximum atomic E-state index is 12.3. The summed E-state index contributed by atoms with van der Waals surface area (Å²) in [4.78, 5) is 13.6. The summed E-state index contributed by atoms with van der Waals surface area (Å²) >= 11 is 1.22. The Morgan fingerprint density at radius 2 is 1.90 bits per heavy atom. The Kier molecular flexibility index (Phi) is 4.62. The molecule has 0 radical (unpaired) electrons. The third kappa shape index (κ3) is 3.28. The van der Waals surface area contributed by atoms with Crippen LogP contribution in [-0.2, 0) is 14.8 Å². The predicted octanol–water partition coefficient (Wildman–Crippen LogP) is 1.55. The SMILES string of the molecule is CC(C)=CC(=O)N1CCN(S(=O)(=O)c2cccs2)CC1. The average Bonchev–Trinajstić information content (AvgIpc) is 2.92. The molecule has 2 rings (SSSR count). The lowest BCUT2D eigenvalue weighted by atomic mass is 10.3. The van der Waals surface area contributed by atoms with E-state index in [0.29, 0.717) is 30.4 Å². The van der Waals surface area contributed by atoms with Gasteiger partial charge in [0.15, 0.2) is 0 Å². The number of sulfonamides is 1. The standard InChI is InChI=1S/C13H18N2O3S2/c1-11(2)10-12(16)14-5-7-15(8-6-14)20(17,18)13-4-3-9-19-13/h3-4,9-10H,5-8H2,1-2H3. The van der Waals surface area contributed by atoms with Crippen LogP contribution < -0.4 is 0 Å². The molecule has 1 aromatic rings. The van der Waals surface area contributed by atoms with Crippen LogP contribution in [0.1, 0.15) is 13.8 Å². The first-order chi connectivity index (χ1) is 9.41. The normalized spacial score (nSPS) is 17.0. The summed E-state index contributed by atoms with van der Waals surface area (Å²) in [6.45, 7) is 5.32. The summed E-state index contributed by atoms with van der Waals surface area (Å²) in [5, 5.41) is 1.75. The molecule has 1 amide bonds. The van der Waals surface area contributed by atoms with Crippen LogP contribution in [0.5, 0.6) is 0 Å². The van der Waals surface area contributed by atoms with Crippen LogP contribution in [0.15, 0.2) is 33.4 Å². The van der Waals surface area contributed by atoms with E-state index in [-0.39, 0.29) is 5.91 Å². The second-order valence-corrected chi connectivity index (χ2v) is 8.00. The van der Waals surface area contributed by atoms with Gasteiger partial charge in [0, 0.05) is 32.3 Å². The molecule has 110 valence electrons. The Hall–Kier alpha value is -1.18. The van der Waals surface area contributed by atoms with Crippen LogP contribution in [0.4, 0.5) is 0 Å². The fourth-order valence-electron chi connectivity index (χ4n) is 2.02. The fourth-order valence-corrected chi connectivity index (χ4v) is 4.59. The molecule has 2 heterocycles. The third-order valence-electron chi connectivity index (χ3n) is 3.05. The van der Waals surface area contributed by atoms with Gasteiger partial charge < -0.3 is 4.90 Å². The number of nitrogens with zero attached hydrogens (tertiary/aromatic N) is 2. The minimum absolute atomic E-state index is 0.0434. The van der Waals surface area contributed by atoms with E-state index in [1.165, 1.54) is 15.6 Å². The molecule has 0 saturated carbocycles. The van der Waals surface area contributed by atoms with Crippen LogP contribution >= 0.6 is 11.3 Å². The van der Waals surface area contributed by atoms with Crippen molar-refractivity contribution in [1.29, 1.82) is 0 Å². The first-order valence-electron chi connectivity index (χ1n) is 6.39. The van der Waals surface area contributed by atoms with Crippen molar-refractivity contribution < 1.29 is 13.2 Å². The topological polar surface area (TPSA) is 57.7 Å². The van der Waals surface area contributed by atoms with E-state index in [2.05, 4.69) is 0 Å².